The molecule has 0 bridgehead atoms. The molecule has 2 N–H and O–H groups in total. The molecule has 0 aliphatic rings. The van der Waals surface area contributed by atoms with Gasteiger partial charge in [-0.15, -0.1) is 0 Å². The molecule has 0 saturated heterocycles. The first-order valence-electron chi connectivity index (χ1n) is 8.45. The van der Waals surface area contributed by atoms with Gasteiger partial charge in [0.25, 0.3) is 5.91 Å². The maximum atomic E-state index is 12.2. The van der Waals surface area contributed by atoms with Crippen LogP contribution >= 0.6 is 0 Å². The van der Waals surface area contributed by atoms with Gasteiger partial charge in [0, 0.05) is 16.7 Å². The molecule has 0 fully saturated rings. The standard InChI is InChI=1S/C20H20N4O3/c1-3-27-18-6-4-5-15(11-18)20(25)24-22-13-16-12-21-23-19(16)14-7-9-17(26-2)10-8-14/h4-13H,3H2,1-2H3,(H,21,23)(H,24,25)/b22-13+. The molecule has 0 aliphatic heterocycles. The lowest BCUT2D eigenvalue weighted by molar-refractivity contribution is 0.0954. The number of ether oxygens (including phenoxy) is 2. The highest BCUT2D eigenvalue weighted by Crippen LogP contribution is 2.22. The Balaban J connectivity index is 1.69. The fourth-order valence-corrected chi connectivity index (χ4v) is 2.50. The Hall–Kier alpha value is -3.61. The van der Waals surface area contributed by atoms with Gasteiger partial charge in [-0.3, -0.25) is 9.89 Å². The highest BCUT2D eigenvalue weighted by molar-refractivity contribution is 5.96. The number of hydrogen-bond acceptors (Lipinski definition) is 5. The van der Waals surface area contributed by atoms with E-state index in [9.17, 15) is 4.79 Å². The van der Waals surface area contributed by atoms with Crippen molar-refractivity contribution >= 4 is 12.1 Å². The molecule has 0 aliphatic carbocycles. The summed E-state index contributed by atoms with van der Waals surface area (Å²) in [5.41, 5.74) is 5.48. The molecule has 0 saturated carbocycles. The zero-order valence-corrected chi connectivity index (χ0v) is 15.1. The summed E-state index contributed by atoms with van der Waals surface area (Å²) in [6.07, 6.45) is 3.19. The first kappa shape index (κ1) is 18.2. The van der Waals surface area contributed by atoms with E-state index in [1.54, 1.807) is 43.8 Å². The van der Waals surface area contributed by atoms with Crippen molar-refractivity contribution in [2.24, 2.45) is 5.10 Å². The van der Waals surface area contributed by atoms with E-state index in [-0.39, 0.29) is 5.91 Å². The van der Waals surface area contributed by atoms with E-state index in [0.29, 0.717) is 17.9 Å². The minimum atomic E-state index is -0.317. The van der Waals surface area contributed by atoms with E-state index >= 15 is 0 Å². The number of hydrazone groups is 1. The number of nitrogens with zero attached hydrogens (tertiary/aromatic N) is 2. The number of methoxy groups -OCH3 is 1. The molecule has 0 atom stereocenters. The predicted octanol–water partition coefficient (Wildman–Crippen LogP) is 3.25. The summed E-state index contributed by atoms with van der Waals surface area (Å²) in [6.45, 7) is 2.43. The van der Waals surface area contributed by atoms with Crippen molar-refractivity contribution in [3.05, 3.63) is 65.9 Å². The van der Waals surface area contributed by atoms with Crippen LogP contribution in [0.3, 0.4) is 0 Å². The Morgan fingerprint density at radius 2 is 2.04 bits per heavy atom. The average Bonchev–Trinajstić information content (AvgIpc) is 3.17. The SMILES string of the molecule is CCOc1cccc(C(=O)N/N=C/c2cn[nH]c2-c2ccc(OC)cc2)c1. The van der Waals surface area contributed by atoms with E-state index in [2.05, 4.69) is 20.7 Å². The first-order valence-corrected chi connectivity index (χ1v) is 8.45. The number of aromatic nitrogens is 2. The number of H-pyrrole nitrogens is 1. The van der Waals surface area contributed by atoms with Crippen LogP contribution in [0.25, 0.3) is 11.3 Å². The van der Waals surface area contributed by atoms with E-state index in [4.69, 9.17) is 9.47 Å². The zero-order chi connectivity index (χ0) is 19.1. The van der Waals surface area contributed by atoms with Crippen LogP contribution < -0.4 is 14.9 Å². The number of rotatable bonds is 7. The summed E-state index contributed by atoms with van der Waals surface area (Å²) in [5, 5.41) is 11.0. The third-order valence-corrected chi connectivity index (χ3v) is 3.82. The molecule has 27 heavy (non-hydrogen) atoms. The third kappa shape index (κ3) is 4.52. The second kappa shape index (κ2) is 8.66. The fourth-order valence-electron chi connectivity index (χ4n) is 2.50. The number of carbonyl (C=O) groups excluding carboxylic acids is 1. The smallest absolute Gasteiger partial charge is 0.271 e. The van der Waals surface area contributed by atoms with Crippen molar-refractivity contribution in [2.45, 2.75) is 6.92 Å². The van der Waals surface area contributed by atoms with Gasteiger partial charge in [-0.25, -0.2) is 5.43 Å². The maximum absolute atomic E-state index is 12.2. The number of aromatic amines is 1. The lowest BCUT2D eigenvalue weighted by Crippen LogP contribution is -2.17. The molecular weight excluding hydrogens is 344 g/mol. The molecule has 0 spiro atoms. The second-order valence-electron chi connectivity index (χ2n) is 5.59. The van der Waals surface area contributed by atoms with E-state index in [1.165, 1.54) is 0 Å². The largest absolute Gasteiger partial charge is 0.497 e. The average molecular weight is 364 g/mol. The summed E-state index contributed by atoms with van der Waals surface area (Å²) in [6, 6.07) is 14.5. The summed E-state index contributed by atoms with van der Waals surface area (Å²) in [7, 11) is 1.62. The Bertz CT molecular complexity index is 932. The molecule has 7 nitrogen and oxygen atoms in total. The van der Waals surface area contributed by atoms with Gasteiger partial charge in [0.1, 0.15) is 11.5 Å². The van der Waals surface area contributed by atoms with E-state index < -0.39 is 0 Å². The summed E-state index contributed by atoms with van der Waals surface area (Å²) >= 11 is 0. The Labute approximate surface area is 157 Å². The van der Waals surface area contributed by atoms with Crippen LogP contribution in [0.5, 0.6) is 11.5 Å². The van der Waals surface area contributed by atoms with Crippen molar-refractivity contribution in [3.63, 3.8) is 0 Å². The first-order chi connectivity index (χ1) is 13.2. The van der Waals surface area contributed by atoms with Crippen molar-refractivity contribution in [1.82, 2.24) is 15.6 Å². The third-order valence-electron chi connectivity index (χ3n) is 3.82. The number of hydrogen-bond donors (Lipinski definition) is 2. The molecule has 1 heterocycles. The molecule has 3 rings (SSSR count). The quantitative estimate of drug-likeness (QED) is 0.497. The molecule has 7 heteroatoms. The van der Waals surface area contributed by atoms with Crippen molar-refractivity contribution in [3.8, 4) is 22.8 Å². The van der Waals surface area contributed by atoms with Gasteiger partial charge in [0.05, 0.1) is 31.8 Å². The number of carbonyl (C=O) groups is 1. The summed E-state index contributed by atoms with van der Waals surface area (Å²) < 4.78 is 10.6. The van der Waals surface area contributed by atoms with Gasteiger partial charge >= 0.3 is 0 Å². The molecule has 0 unspecified atom stereocenters. The maximum Gasteiger partial charge on any atom is 0.271 e. The van der Waals surface area contributed by atoms with Crippen molar-refractivity contribution in [2.75, 3.05) is 13.7 Å². The van der Waals surface area contributed by atoms with Gasteiger partial charge in [0.2, 0.25) is 0 Å². The molecular formula is C20H20N4O3. The van der Waals surface area contributed by atoms with Crippen LogP contribution in [0, 0.1) is 0 Å². The van der Waals surface area contributed by atoms with Crippen LogP contribution in [-0.2, 0) is 0 Å². The molecule has 2 aromatic carbocycles. The highest BCUT2D eigenvalue weighted by Gasteiger charge is 2.08. The van der Waals surface area contributed by atoms with Gasteiger partial charge in [0.15, 0.2) is 0 Å². The minimum Gasteiger partial charge on any atom is -0.497 e. The number of benzene rings is 2. The van der Waals surface area contributed by atoms with Crippen molar-refractivity contribution < 1.29 is 14.3 Å². The van der Waals surface area contributed by atoms with Crippen LogP contribution in [0.1, 0.15) is 22.8 Å². The highest BCUT2D eigenvalue weighted by atomic mass is 16.5. The second-order valence-corrected chi connectivity index (χ2v) is 5.59. The van der Waals surface area contributed by atoms with E-state index in [1.807, 2.05) is 31.2 Å². The molecule has 1 amide bonds. The predicted molar refractivity (Wildman–Crippen MR) is 103 cm³/mol. The number of amides is 1. The van der Waals surface area contributed by atoms with Crippen molar-refractivity contribution in [1.29, 1.82) is 0 Å². The Kier molecular flexibility index (Phi) is 5.84. The topological polar surface area (TPSA) is 88.6 Å². The molecule has 138 valence electrons. The van der Waals surface area contributed by atoms with Crippen LogP contribution in [0.15, 0.2) is 59.8 Å². The molecule has 0 radical (unpaired) electrons. The molecule has 3 aromatic rings. The fraction of sp³-hybridized carbons (Fsp3) is 0.150. The monoisotopic (exact) mass is 364 g/mol. The van der Waals surface area contributed by atoms with E-state index in [0.717, 1.165) is 22.6 Å². The lowest BCUT2D eigenvalue weighted by Gasteiger charge is -2.05. The van der Waals surface area contributed by atoms with Crippen LogP contribution in [0.4, 0.5) is 0 Å². The Morgan fingerprint density at radius 1 is 1.22 bits per heavy atom. The minimum absolute atomic E-state index is 0.317. The summed E-state index contributed by atoms with van der Waals surface area (Å²) in [4.78, 5) is 12.2. The Morgan fingerprint density at radius 3 is 2.78 bits per heavy atom. The zero-order valence-electron chi connectivity index (χ0n) is 15.1. The number of nitrogens with one attached hydrogen (secondary N) is 2. The lowest BCUT2D eigenvalue weighted by atomic mass is 10.1. The normalized spacial score (nSPS) is 10.7. The van der Waals surface area contributed by atoms with Gasteiger partial charge in [-0.2, -0.15) is 10.2 Å². The van der Waals surface area contributed by atoms with Gasteiger partial charge in [-0.05, 0) is 49.4 Å². The van der Waals surface area contributed by atoms with Gasteiger partial charge in [-0.1, -0.05) is 6.07 Å². The van der Waals surface area contributed by atoms with Gasteiger partial charge < -0.3 is 9.47 Å². The summed E-state index contributed by atoms with van der Waals surface area (Å²) in [5.74, 6) is 1.10. The molecule has 1 aromatic heterocycles. The van der Waals surface area contributed by atoms with Crippen LogP contribution in [0.2, 0.25) is 0 Å². The van der Waals surface area contributed by atoms with Crippen LogP contribution in [-0.4, -0.2) is 36.0 Å².